The Morgan fingerprint density at radius 2 is 1.84 bits per heavy atom. The monoisotopic (exact) mass is 339 g/mol. The topological polar surface area (TPSA) is 3.24 Å². The van der Waals surface area contributed by atoms with Crippen molar-refractivity contribution in [2.45, 2.75) is 25.6 Å². The van der Waals surface area contributed by atoms with E-state index in [4.69, 9.17) is 0 Å². The molecule has 6 heteroatoms. The number of rotatable bonds is 2. The van der Waals surface area contributed by atoms with Crippen LogP contribution in [0.5, 0.6) is 0 Å². The van der Waals surface area contributed by atoms with E-state index < -0.39 is 12.1 Å². The standard InChI is InChI=1S/C13H14BrF4N/c14-12-2-1-11(15)7-9(12)8-19-5-3-10(4-6-19)13(16,17)18/h1-2,7,10H,3-6,8H2. The number of hydrogen-bond acceptors (Lipinski definition) is 1. The van der Waals surface area contributed by atoms with Crippen LogP contribution >= 0.6 is 15.9 Å². The molecule has 1 aliphatic heterocycles. The van der Waals surface area contributed by atoms with Gasteiger partial charge in [0.15, 0.2) is 0 Å². The van der Waals surface area contributed by atoms with Crippen LogP contribution in [0.25, 0.3) is 0 Å². The Morgan fingerprint density at radius 1 is 1.21 bits per heavy atom. The zero-order valence-corrected chi connectivity index (χ0v) is 11.8. The van der Waals surface area contributed by atoms with E-state index in [1.165, 1.54) is 12.1 Å². The highest BCUT2D eigenvalue weighted by Crippen LogP contribution is 2.34. The summed E-state index contributed by atoms with van der Waals surface area (Å²) in [5.41, 5.74) is 0.769. The molecule has 1 saturated heterocycles. The number of piperidine rings is 1. The van der Waals surface area contributed by atoms with E-state index in [2.05, 4.69) is 15.9 Å². The number of hydrogen-bond donors (Lipinski definition) is 0. The van der Waals surface area contributed by atoms with Crippen LogP contribution in [0.4, 0.5) is 17.6 Å². The molecule has 0 spiro atoms. The van der Waals surface area contributed by atoms with Gasteiger partial charge < -0.3 is 0 Å². The summed E-state index contributed by atoms with van der Waals surface area (Å²) < 4.78 is 51.5. The van der Waals surface area contributed by atoms with Crippen molar-refractivity contribution in [1.29, 1.82) is 0 Å². The fourth-order valence-corrected chi connectivity index (χ4v) is 2.70. The number of likely N-dealkylation sites (tertiary alicyclic amines) is 1. The van der Waals surface area contributed by atoms with Crippen LogP contribution in [-0.4, -0.2) is 24.2 Å². The first-order valence-corrected chi connectivity index (χ1v) is 6.88. The fraction of sp³-hybridized carbons (Fsp3) is 0.538. The summed E-state index contributed by atoms with van der Waals surface area (Å²) in [6, 6.07) is 4.39. The molecule has 0 N–H and O–H groups in total. The lowest BCUT2D eigenvalue weighted by atomic mass is 9.96. The van der Waals surface area contributed by atoms with E-state index >= 15 is 0 Å². The summed E-state index contributed by atoms with van der Waals surface area (Å²) in [6.45, 7) is 1.27. The minimum absolute atomic E-state index is 0.121. The summed E-state index contributed by atoms with van der Waals surface area (Å²) >= 11 is 3.33. The van der Waals surface area contributed by atoms with Crippen molar-refractivity contribution in [3.05, 3.63) is 34.1 Å². The Hall–Kier alpha value is -0.620. The Balaban J connectivity index is 1.94. The third-order valence-electron chi connectivity index (χ3n) is 3.45. The predicted molar refractivity (Wildman–Crippen MR) is 68.2 cm³/mol. The molecular formula is C13H14BrF4N. The Labute approximate surface area is 117 Å². The lowest BCUT2D eigenvalue weighted by Gasteiger charge is -2.33. The molecule has 1 heterocycles. The lowest BCUT2D eigenvalue weighted by Crippen LogP contribution is -2.38. The molecule has 1 fully saturated rings. The van der Waals surface area contributed by atoms with Crippen molar-refractivity contribution in [3.63, 3.8) is 0 Å². The van der Waals surface area contributed by atoms with Gasteiger partial charge in [-0.2, -0.15) is 13.2 Å². The van der Waals surface area contributed by atoms with Crippen molar-refractivity contribution >= 4 is 15.9 Å². The van der Waals surface area contributed by atoms with Crippen molar-refractivity contribution in [1.82, 2.24) is 4.90 Å². The van der Waals surface area contributed by atoms with Gasteiger partial charge >= 0.3 is 6.18 Å². The summed E-state index contributed by atoms with van der Waals surface area (Å²) in [5.74, 6) is -1.52. The van der Waals surface area contributed by atoms with Gasteiger partial charge in [0.05, 0.1) is 5.92 Å². The SMILES string of the molecule is Fc1ccc(Br)c(CN2CCC(C(F)(F)F)CC2)c1. The van der Waals surface area contributed by atoms with Crippen molar-refractivity contribution in [2.75, 3.05) is 13.1 Å². The zero-order valence-electron chi connectivity index (χ0n) is 10.2. The van der Waals surface area contributed by atoms with Crippen LogP contribution in [0.3, 0.4) is 0 Å². The number of benzene rings is 1. The van der Waals surface area contributed by atoms with Gasteiger partial charge in [-0.1, -0.05) is 15.9 Å². The second kappa shape index (κ2) is 5.79. The van der Waals surface area contributed by atoms with Crippen molar-refractivity contribution in [2.24, 2.45) is 5.92 Å². The van der Waals surface area contributed by atoms with Gasteiger partial charge in [0, 0.05) is 11.0 Å². The highest BCUT2D eigenvalue weighted by atomic mass is 79.9. The highest BCUT2D eigenvalue weighted by molar-refractivity contribution is 9.10. The number of alkyl halides is 3. The second-order valence-electron chi connectivity index (χ2n) is 4.83. The normalized spacial score (nSPS) is 18.8. The average molecular weight is 340 g/mol. The summed E-state index contributed by atoms with van der Waals surface area (Å²) in [4.78, 5) is 1.93. The van der Waals surface area contributed by atoms with E-state index in [1.54, 1.807) is 6.07 Å². The molecule has 0 bridgehead atoms. The van der Waals surface area contributed by atoms with Crippen LogP contribution in [0.2, 0.25) is 0 Å². The first-order chi connectivity index (χ1) is 8.86. The summed E-state index contributed by atoms with van der Waals surface area (Å²) in [7, 11) is 0. The van der Waals surface area contributed by atoms with E-state index in [0.717, 1.165) is 10.0 Å². The predicted octanol–water partition coefficient (Wildman–Crippen LogP) is 4.36. The second-order valence-corrected chi connectivity index (χ2v) is 5.68. The highest BCUT2D eigenvalue weighted by Gasteiger charge is 2.40. The quantitative estimate of drug-likeness (QED) is 0.723. The summed E-state index contributed by atoms with van der Waals surface area (Å²) in [5, 5.41) is 0. The largest absolute Gasteiger partial charge is 0.391 e. The summed E-state index contributed by atoms with van der Waals surface area (Å²) in [6.07, 6.45) is -3.85. The van der Waals surface area contributed by atoms with Gasteiger partial charge in [-0.15, -0.1) is 0 Å². The Morgan fingerprint density at radius 3 is 2.42 bits per heavy atom. The minimum atomic E-state index is -4.09. The van der Waals surface area contributed by atoms with E-state index in [-0.39, 0.29) is 18.7 Å². The first kappa shape index (κ1) is 14.8. The van der Waals surface area contributed by atoms with Gasteiger partial charge in [0.25, 0.3) is 0 Å². The number of halogens is 5. The van der Waals surface area contributed by atoms with Crippen LogP contribution in [0, 0.1) is 11.7 Å². The van der Waals surface area contributed by atoms with Crippen LogP contribution in [-0.2, 0) is 6.54 Å². The third kappa shape index (κ3) is 3.92. The van der Waals surface area contributed by atoms with Gasteiger partial charge in [0.2, 0.25) is 0 Å². The first-order valence-electron chi connectivity index (χ1n) is 6.09. The van der Waals surface area contributed by atoms with Gasteiger partial charge in [-0.05, 0) is 49.7 Å². The molecule has 106 valence electrons. The molecule has 2 rings (SSSR count). The molecule has 1 nitrogen and oxygen atoms in total. The molecule has 0 unspecified atom stereocenters. The smallest absolute Gasteiger partial charge is 0.299 e. The van der Waals surface area contributed by atoms with Crippen molar-refractivity contribution < 1.29 is 17.6 Å². The average Bonchev–Trinajstić information content (AvgIpc) is 2.33. The van der Waals surface area contributed by atoms with Crippen LogP contribution in [0.1, 0.15) is 18.4 Å². The lowest BCUT2D eigenvalue weighted by molar-refractivity contribution is -0.185. The Bertz CT molecular complexity index is 439. The fourth-order valence-electron chi connectivity index (χ4n) is 2.32. The molecule has 0 saturated carbocycles. The van der Waals surface area contributed by atoms with Gasteiger partial charge in [0.1, 0.15) is 5.82 Å². The molecule has 1 aromatic carbocycles. The van der Waals surface area contributed by atoms with Crippen LogP contribution < -0.4 is 0 Å². The number of nitrogens with zero attached hydrogens (tertiary/aromatic N) is 1. The molecule has 0 aliphatic carbocycles. The van der Waals surface area contributed by atoms with E-state index in [9.17, 15) is 17.6 Å². The maximum Gasteiger partial charge on any atom is 0.391 e. The molecule has 0 aromatic heterocycles. The van der Waals surface area contributed by atoms with Gasteiger partial charge in [-0.25, -0.2) is 4.39 Å². The molecule has 0 radical (unpaired) electrons. The zero-order chi connectivity index (χ0) is 14.0. The molecule has 1 aliphatic rings. The molecule has 1 aromatic rings. The van der Waals surface area contributed by atoms with E-state index in [1.807, 2.05) is 4.90 Å². The van der Waals surface area contributed by atoms with Crippen molar-refractivity contribution in [3.8, 4) is 0 Å². The molecule has 0 atom stereocenters. The minimum Gasteiger partial charge on any atom is -0.299 e. The Kier molecular flexibility index (Phi) is 4.50. The molecule has 19 heavy (non-hydrogen) atoms. The maximum atomic E-state index is 13.1. The molecule has 0 amide bonds. The molecular weight excluding hydrogens is 326 g/mol. The van der Waals surface area contributed by atoms with Crippen LogP contribution in [0.15, 0.2) is 22.7 Å². The van der Waals surface area contributed by atoms with E-state index in [0.29, 0.717) is 19.6 Å². The third-order valence-corrected chi connectivity index (χ3v) is 4.23. The maximum absolute atomic E-state index is 13.1. The van der Waals surface area contributed by atoms with Gasteiger partial charge in [-0.3, -0.25) is 4.90 Å².